The molecule has 108 heavy (non-hydrogen) atoms. The number of anilines is 12. The molecule has 0 spiro atoms. The van der Waals surface area contributed by atoms with Crippen LogP contribution in [0.4, 0.5) is 68.2 Å². The minimum atomic E-state index is -0.193. The third-order valence-electron chi connectivity index (χ3n) is 21.8. The van der Waals surface area contributed by atoms with Crippen molar-refractivity contribution in [2.75, 3.05) is 19.6 Å². The number of rotatable bonds is 15. The monoisotopic (exact) mass is 1430 g/mol. The zero-order valence-corrected chi connectivity index (χ0v) is 62.2. The molecule has 0 saturated carbocycles. The van der Waals surface area contributed by atoms with Crippen LogP contribution in [0.2, 0.25) is 0 Å². The van der Waals surface area contributed by atoms with Gasteiger partial charge in [0.05, 0.1) is 0 Å². The average molecular weight is 1430 g/mol. The Labute approximate surface area is 635 Å². The molecule has 0 aliphatic carbocycles. The van der Waals surface area contributed by atoms with E-state index in [4.69, 9.17) is 8.83 Å². The Bertz CT molecular complexity index is 6800. The number of hydrogen-bond acceptors (Lipinski definition) is 8. The van der Waals surface area contributed by atoms with Gasteiger partial charge < -0.3 is 28.4 Å². The van der Waals surface area contributed by atoms with E-state index in [2.05, 4.69) is 400 Å². The second-order valence-corrected chi connectivity index (χ2v) is 32.5. The Morgan fingerprint density at radius 1 is 0.231 bits per heavy atom. The molecule has 518 valence electrons. The van der Waals surface area contributed by atoms with E-state index in [0.717, 1.165) is 129 Å². The molecular formula is C100H74N4O2S2. The molecule has 0 aliphatic rings. The van der Waals surface area contributed by atoms with E-state index in [9.17, 15) is 0 Å². The van der Waals surface area contributed by atoms with Crippen LogP contribution in [0, 0.1) is 0 Å². The van der Waals surface area contributed by atoms with Crippen molar-refractivity contribution in [2.24, 2.45) is 0 Å². The van der Waals surface area contributed by atoms with Crippen LogP contribution in [0.15, 0.2) is 355 Å². The van der Waals surface area contributed by atoms with Crippen molar-refractivity contribution in [1.82, 2.24) is 0 Å². The Kier molecular flexibility index (Phi) is 15.5. The summed E-state index contributed by atoms with van der Waals surface area (Å²) in [6.07, 6.45) is 0.847. The highest BCUT2D eigenvalue weighted by atomic mass is 32.1. The predicted molar refractivity (Wildman–Crippen MR) is 462 cm³/mol. The molecule has 20 aromatic rings. The summed E-state index contributed by atoms with van der Waals surface area (Å²) in [6.45, 7) is 11.5. The minimum absolute atomic E-state index is 0.0619. The fraction of sp³-hybridized carbons (Fsp3) is 0.0800. The lowest BCUT2D eigenvalue weighted by molar-refractivity contribution is 0.522. The molecule has 0 unspecified atom stereocenters. The van der Waals surface area contributed by atoms with Crippen molar-refractivity contribution in [2.45, 2.75) is 51.9 Å². The quantitative estimate of drug-likeness (QED) is 0.102. The van der Waals surface area contributed by atoms with E-state index in [1.165, 1.54) is 67.8 Å². The van der Waals surface area contributed by atoms with Crippen molar-refractivity contribution in [1.29, 1.82) is 0 Å². The van der Waals surface area contributed by atoms with Crippen molar-refractivity contribution in [3.05, 3.63) is 362 Å². The Morgan fingerprint density at radius 2 is 0.528 bits per heavy atom. The predicted octanol–water partition coefficient (Wildman–Crippen LogP) is 30.2. The van der Waals surface area contributed by atoms with Crippen molar-refractivity contribution < 1.29 is 8.83 Å². The molecule has 0 amide bonds. The molecule has 0 aliphatic heterocycles. The van der Waals surface area contributed by atoms with Gasteiger partial charge in [-0.15, -0.1) is 22.7 Å². The van der Waals surface area contributed by atoms with Crippen LogP contribution in [0.1, 0.15) is 51.3 Å². The fourth-order valence-electron chi connectivity index (χ4n) is 16.4. The van der Waals surface area contributed by atoms with Gasteiger partial charge in [0.15, 0.2) is 0 Å². The van der Waals surface area contributed by atoms with E-state index in [0.29, 0.717) is 0 Å². The van der Waals surface area contributed by atoms with E-state index in [1.807, 2.05) is 22.7 Å². The smallest absolute Gasteiger partial charge is 0.137 e. The second-order valence-electron chi connectivity index (χ2n) is 30.3. The molecule has 20 rings (SSSR count). The molecule has 6 nitrogen and oxygen atoms in total. The van der Waals surface area contributed by atoms with Crippen molar-refractivity contribution in [3.8, 4) is 0 Å². The number of thiophene rings is 2. The van der Waals surface area contributed by atoms with E-state index in [-0.39, 0.29) is 10.8 Å². The Morgan fingerprint density at radius 3 is 0.926 bits per heavy atom. The maximum atomic E-state index is 6.80. The van der Waals surface area contributed by atoms with Crippen LogP contribution in [0.5, 0.6) is 0 Å². The van der Waals surface area contributed by atoms with Crippen LogP contribution < -0.4 is 19.6 Å². The summed E-state index contributed by atoms with van der Waals surface area (Å²) in [7, 11) is 0. The lowest BCUT2D eigenvalue weighted by Crippen LogP contribution is -2.21. The second kappa shape index (κ2) is 25.8. The lowest BCUT2D eigenvalue weighted by Gasteiger charge is -2.29. The number of para-hydroxylation sites is 5. The first-order valence-electron chi connectivity index (χ1n) is 37.1. The molecule has 8 heteroatoms. The van der Waals surface area contributed by atoms with Gasteiger partial charge >= 0.3 is 0 Å². The lowest BCUT2D eigenvalue weighted by atomic mass is 9.79. The van der Waals surface area contributed by atoms with Gasteiger partial charge in [-0.25, -0.2) is 0 Å². The standard InChI is InChI=1S/C100H74N4O2S2/c1-99(2,3)69-34-38-76(39-35-69)102(73-27-15-8-16-28-73)80-43-47-84-88-52-65-53-89-85-48-44-81(61-97(85)107-95(89)57-67(65)56-92(88)106-94(84)60-80)103(74-29-17-9-18-30-74)77-40-36-70(37-41-77)100(4,5)63-64-22-21-33-78(50-64)104(75-31-19-10-20-32-75)82-45-49-86-90-54-66-51-87-83-46-42-79(101(71-23-11-6-12-24-71)72-25-13-7-14-26-72)59-93(83)105-91(87)55-68(66)58-96(90)108-98(86)62-82/h6-62H,63H2,1-5H3. The van der Waals surface area contributed by atoms with Crippen molar-refractivity contribution >= 4 is 197 Å². The van der Waals surface area contributed by atoms with E-state index < -0.39 is 0 Å². The van der Waals surface area contributed by atoms with Gasteiger partial charge in [-0.3, -0.25) is 0 Å². The summed E-state index contributed by atoms with van der Waals surface area (Å²) in [6, 6.07) is 126. The Hall–Kier alpha value is -12.7. The molecule has 4 aromatic heterocycles. The molecule has 4 heterocycles. The van der Waals surface area contributed by atoms with Crippen LogP contribution >= 0.6 is 22.7 Å². The minimum Gasteiger partial charge on any atom is -0.456 e. The summed E-state index contributed by atoms with van der Waals surface area (Å²) in [4.78, 5) is 9.40. The number of hydrogen-bond donors (Lipinski definition) is 0. The van der Waals surface area contributed by atoms with Gasteiger partial charge in [-0.1, -0.05) is 174 Å². The number of benzene rings is 16. The average Bonchev–Trinajstić information content (AvgIpc) is 1.58. The molecule has 0 atom stereocenters. The molecule has 0 N–H and O–H groups in total. The molecule has 16 aromatic carbocycles. The van der Waals surface area contributed by atoms with Crippen molar-refractivity contribution in [3.63, 3.8) is 0 Å². The zero-order chi connectivity index (χ0) is 72.4. The number of furan rings is 2. The van der Waals surface area contributed by atoms with Gasteiger partial charge in [-0.2, -0.15) is 0 Å². The number of fused-ring (bicyclic) bond motifs is 14. The molecule has 0 saturated heterocycles. The highest BCUT2D eigenvalue weighted by Crippen LogP contribution is 2.49. The summed E-state index contributed by atoms with van der Waals surface area (Å²) in [5.41, 5.74) is 20.4. The van der Waals surface area contributed by atoms with E-state index >= 15 is 0 Å². The largest absolute Gasteiger partial charge is 0.456 e. The summed E-state index contributed by atoms with van der Waals surface area (Å²) >= 11 is 3.70. The Balaban J connectivity index is 0.571. The first kappa shape index (κ1) is 64.8. The summed E-state index contributed by atoms with van der Waals surface area (Å²) in [5, 5.41) is 14.2. The van der Waals surface area contributed by atoms with Crippen LogP contribution in [-0.4, -0.2) is 0 Å². The normalized spacial score (nSPS) is 12.2. The molecule has 0 radical (unpaired) electrons. The van der Waals surface area contributed by atoms with Crippen LogP contribution in [0.25, 0.3) is 106 Å². The van der Waals surface area contributed by atoms with Gasteiger partial charge in [0.1, 0.15) is 22.3 Å². The summed E-state index contributed by atoms with van der Waals surface area (Å²) in [5.74, 6) is 0. The van der Waals surface area contributed by atoms with Gasteiger partial charge in [0.25, 0.3) is 0 Å². The SMILES string of the molecule is CC(C)(C)c1ccc(N(c2ccccc2)c2ccc3c(c2)oc2cc4cc5sc6cc(N(c7ccccc7)c7ccc(C(C)(C)Cc8cccc(N(c9ccccc9)c9ccc%10c(c9)sc9cc%11cc%12oc%13cc(N(c%14ccccc%14)c%14ccccc%14)ccc%13c%12cc%11cc9%10)c8)cc7)ccc6c5cc4cc23)cc1. The zero-order valence-electron chi connectivity index (χ0n) is 60.5. The molecule has 0 bridgehead atoms. The first-order chi connectivity index (χ1) is 52.8. The van der Waals surface area contributed by atoms with Gasteiger partial charge in [0.2, 0.25) is 0 Å². The van der Waals surface area contributed by atoms with Gasteiger partial charge in [-0.05, 0) is 250 Å². The topological polar surface area (TPSA) is 39.2 Å². The highest BCUT2D eigenvalue weighted by molar-refractivity contribution is 7.26. The fourth-order valence-corrected chi connectivity index (χ4v) is 18.7. The maximum Gasteiger partial charge on any atom is 0.137 e. The maximum absolute atomic E-state index is 6.80. The molecule has 0 fully saturated rings. The third-order valence-corrected chi connectivity index (χ3v) is 24.0. The first-order valence-corrected chi connectivity index (χ1v) is 38.7. The van der Waals surface area contributed by atoms with Crippen LogP contribution in [-0.2, 0) is 17.3 Å². The van der Waals surface area contributed by atoms with Crippen LogP contribution in [0.3, 0.4) is 0 Å². The summed E-state index contributed by atoms with van der Waals surface area (Å²) < 4.78 is 18.5. The number of nitrogens with zero attached hydrogens (tertiary/aromatic N) is 4. The highest BCUT2D eigenvalue weighted by Gasteiger charge is 2.26. The van der Waals surface area contributed by atoms with E-state index in [1.54, 1.807) is 0 Å². The van der Waals surface area contributed by atoms with Gasteiger partial charge in [0, 0.05) is 142 Å². The third kappa shape index (κ3) is 11.5. The molecular weight excluding hydrogens is 1350 g/mol.